The number of aryl methyl sites for hydroxylation is 1. The molecule has 3 rings (SSSR count). The number of hydrogen-bond donors (Lipinski definition) is 1. The Bertz CT molecular complexity index is 461. The molecule has 18 heavy (non-hydrogen) atoms. The molecule has 5 heteroatoms. The number of aromatic nitrogens is 2. The zero-order chi connectivity index (χ0) is 12.5. The van der Waals surface area contributed by atoms with E-state index in [9.17, 15) is 4.79 Å². The lowest BCUT2D eigenvalue weighted by Gasteiger charge is -2.10. The number of ether oxygens (including phenoxy) is 1. The Labute approximate surface area is 107 Å². The standard InChI is InChI=1S/C13H19N3O2/c1-16-11-6-2-5-10(11)12(15-16)13(17)14-8-9-4-3-7-18-9/h9H,2-8H2,1H3,(H,14,17). The highest BCUT2D eigenvalue weighted by Gasteiger charge is 2.25. The Morgan fingerprint density at radius 3 is 3.17 bits per heavy atom. The van der Waals surface area contributed by atoms with E-state index in [1.165, 1.54) is 5.69 Å². The van der Waals surface area contributed by atoms with Crippen LogP contribution in [0.25, 0.3) is 0 Å². The first kappa shape index (κ1) is 11.7. The van der Waals surface area contributed by atoms with Crippen LogP contribution in [0.15, 0.2) is 0 Å². The molecule has 1 atom stereocenters. The van der Waals surface area contributed by atoms with Gasteiger partial charge in [-0.15, -0.1) is 0 Å². The van der Waals surface area contributed by atoms with E-state index < -0.39 is 0 Å². The second-order valence-corrected chi connectivity index (χ2v) is 5.10. The van der Waals surface area contributed by atoms with Gasteiger partial charge in [0, 0.05) is 31.5 Å². The fourth-order valence-corrected chi connectivity index (χ4v) is 2.89. The van der Waals surface area contributed by atoms with Crippen LogP contribution in [-0.4, -0.2) is 34.9 Å². The van der Waals surface area contributed by atoms with E-state index in [4.69, 9.17) is 4.74 Å². The van der Waals surface area contributed by atoms with Crippen molar-refractivity contribution in [2.24, 2.45) is 7.05 Å². The van der Waals surface area contributed by atoms with Gasteiger partial charge in [-0.25, -0.2) is 0 Å². The molecule has 1 N–H and O–H groups in total. The van der Waals surface area contributed by atoms with Crippen molar-refractivity contribution >= 4 is 5.91 Å². The number of carbonyl (C=O) groups excluding carboxylic acids is 1. The third-order valence-electron chi connectivity index (χ3n) is 3.84. The molecule has 5 nitrogen and oxygen atoms in total. The Morgan fingerprint density at radius 1 is 1.50 bits per heavy atom. The average Bonchev–Trinajstić information content (AvgIpc) is 3.04. The lowest BCUT2D eigenvalue weighted by atomic mass is 10.2. The molecule has 0 saturated carbocycles. The van der Waals surface area contributed by atoms with Crippen LogP contribution in [0.5, 0.6) is 0 Å². The number of nitrogens with one attached hydrogen (secondary N) is 1. The smallest absolute Gasteiger partial charge is 0.272 e. The van der Waals surface area contributed by atoms with E-state index >= 15 is 0 Å². The molecule has 1 amide bonds. The summed E-state index contributed by atoms with van der Waals surface area (Å²) >= 11 is 0. The molecule has 0 radical (unpaired) electrons. The van der Waals surface area contributed by atoms with E-state index in [-0.39, 0.29) is 12.0 Å². The normalized spacial score (nSPS) is 22.2. The van der Waals surface area contributed by atoms with Gasteiger partial charge in [0.25, 0.3) is 5.91 Å². The summed E-state index contributed by atoms with van der Waals surface area (Å²) in [5.74, 6) is -0.0516. The van der Waals surface area contributed by atoms with Crippen LogP contribution in [0, 0.1) is 0 Å². The minimum absolute atomic E-state index is 0.0516. The molecular weight excluding hydrogens is 230 g/mol. The van der Waals surface area contributed by atoms with Gasteiger partial charge in [-0.05, 0) is 32.1 Å². The van der Waals surface area contributed by atoms with E-state index in [0.717, 1.165) is 44.3 Å². The molecule has 1 unspecified atom stereocenters. The van der Waals surface area contributed by atoms with Crippen molar-refractivity contribution in [1.82, 2.24) is 15.1 Å². The zero-order valence-corrected chi connectivity index (χ0v) is 10.7. The number of fused-ring (bicyclic) bond motifs is 1. The van der Waals surface area contributed by atoms with Crippen molar-refractivity contribution < 1.29 is 9.53 Å². The molecule has 0 bridgehead atoms. The van der Waals surface area contributed by atoms with Crippen molar-refractivity contribution in [3.63, 3.8) is 0 Å². The summed E-state index contributed by atoms with van der Waals surface area (Å²) < 4.78 is 7.35. The summed E-state index contributed by atoms with van der Waals surface area (Å²) in [4.78, 5) is 12.1. The summed E-state index contributed by atoms with van der Waals surface area (Å²) in [5.41, 5.74) is 2.97. The first-order chi connectivity index (χ1) is 8.75. The van der Waals surface area contributed by atoms with Crippen LogP contribution in [-0.2, 0) is 24.6 Å². The second kappa shape index (κ2) is 4.72. The maximum Gasteiger partial charge on any atom is 0.272 e. The monoisotopic (exact) mass is 249 g/mol. The van der Waals surface area contributed by atoms with Crippen molar-refractivity contribution in [3.8, 4) is 0 Å². The summed E-state index contributed by atoms with van der Waals surface area (Å²) in [6, 6.07) is 0. The Hall–Kier alpha value is -1.36. The number of nitrogens with zero attached hydrogens (tertiary/aromatic N) is 2. The molecule has 1 aromatic heterocycles. The lowest BCUT2D eigenvalue weighted by molar-refractivity contribution is 0.0852. The highest BCUT2D eigenvalue weighted by atomic mass is 16.5. The lowest BCUT2D eigenvalue weighted by Crippen LogP contribution is -2.32. The van der Waals surface area contributed by atoms with E-state index in [0.29, 0.717) is 12.2 Å². The van der Waals surface area contributed by atoms with Gasteiger partial charge in [-0.3, -0.25) is 9.48 Å². The molecule has 2 heterocycles. The minimum atomic E-state index is -0.0516. The maximum atomic E-state index is 12.1. The van der Waals surface area contributed by atoms with Gasteiger partial charge in [0.2, 0.25) is 0 Å². The molecule has 98 valence electrons. The molecule has 1 aromatic rings. The fraction of sp³-hybridized carbons (Fsp3) is 0.692. The van der Waals surface area contributed by atoms with Crippen LogP contribution in [0.2, 0.25) is 0 Å². The molecule has 1 saturated heterocycles. The van der Waals surface area contributed by atoms with Crippen LogP contribution >= 0.6 is 0 Å². The average molecular weight is 249 g/mol. The topological polar surface area (TPSA) is 56.2 Å². The van der Waals surface area contributed by atoms with Gasteiger partial charge >= 0.3 is 0 Å². The number of rotatable bonds is 3. The van der Waals surface area contributed by atoms with Crippen LogP contribution in [0.1, 0.15) is 41.0 Å². The third kappa shape index (κ3) is 2.03. The quantitative estimate of drug-likeness (QED) is 0.862. The fourth-order valence-electron chi connectivity index (χ4n) is 2.89. The van der Waals surface area contributed by atoms with Crippen molar-refractivity contribution in [1.29, 1.82) is 0 Å². The van der Waals surface area contributed by atoms with E-state index in [2.05, 4.69) is 10.4 Å². The summed E-state index contributed by atoms with van der Waals surface area (Å²) in [7, 11) is 1.92. The predicted molar refractivity (Wildman–Crippen MR) is 66.5 cm³/mol. The third-order valence-corrected chi connectivity index (χ3v) is 3.84. The van der Waals surface area contributed by atoms with Crippen LogP contribution < -0.4 is 5.32 Å². The molecule has 1 aliphatic carbocycles. The highest BCUT2D eigenvalue weighted by Crippen LogP contribution is 2.24. The van der Waals surface area contributed by atoms with Crippen molar-refractivity contribution in [2.45, 2.75) is 38.2 Å². The molecular formula is C13H19N3O2. The Balaban J connectivity index is 1.67. The van der Waals surface area contributed by atoms with E-state index in [1.807, 2.05) is 11.7 Å². The Morgan fingerprint density at radius 2 is 2.39 bits per heavy atom. The van der Waals surface area contributed by atoms with Gasteiger partial charge in [-0.1, -0.05) is 0 Å². The van der Waals surface area contributed by atoms with E-state index in [1.54, 1.807) is 0 Å². The minimum Gasteiger partial charge on any atom is -0.376 e. The van der Waals surface area contributed by atoms with Gasteiger partial charge in [-0.2, -0.15) is 5.10 Å². The van der Waals surface area contributed by atoms with Gasteiger partial charge < -0.3 is 10.1 Å². The first-order valence-electron chi connectivity index (χ1n) is 6.70. The summed E-state index contributed by atoms with van der Waals surface area (Å²) in [5, 5.41) is 7.29. The molecule has 1 fully saturated rings. The van der Waals surface area contributed by atoms with Crippen LogP contribution in [0.4, 0.5) is 0 Å². The van der Waals surface area contributed by atoms with Crippen LogP contribution in [0.3, 0.4) is 0 Å². The molecule has 2 aliphatic rings. The second-order valence-electron chi connectivity index (χ2n) is 5.10. The van der Waals surface area contributed by atoms with Gasteiger partial charge in [0.15, 0.2) is 5.69 Å². The molecule has 0 aromatic carbocycles. The number of hydrogen-bond acceptors (Lipinski definition) is 3. The summed E-state index contributed by atoms with van der Waals surface area (Å²) in [6.07, 6.45) is 5.47. The highest BCUT2D eigenvalue weighted by molar-refractivity contribution is 5.94. The number of amides is 1. The largest absolute Gasteiger partial charge is 0.376 e. The zero-order valence-electron chi connectivity index (χ0n) is 10.7. The van der Waals surface area contributed by atoms with Gasteiger partial charge in [0.1, 0.15) is 0 Å². The van der Waals surface area contributed by atoms with Crippen molar-refractivity contribution in [2.75, 3.05) is 13.2 Å². The maximum absolute atomic E-state index is 12.1. The molecule has 0 spiro atoms. The Kier molecular flexibility index (Phi) is 3.07. The van der Waals surface area contributed by atoms with Crippen molar-refractivity contribution in [3.05, 3.63) is 17.0 Å². The molecule has 1 aliphatic heterocycles. The first-order valence-corrected chi connectivity index (χ1v) is 6.70. The SMILES string of the molecule is Cn1nc(C(=O)NCC2CCCO2)c2c1CCC2. The van der Waals surface area contributed by atoms with Gasteiger partial charge in [0.05, 0.1) is 6.10 Å². The number of carbonyl (C=O) groups is 1. The predicted octanol–water partition coefficient (Wildman–Crippen LogP) is 0.818. The summed E-state index contributed by atoms with van der Waals surface area (Å²) in [6.45, 7) is 1.42.